The highest BCUT2D eigenvalue weighted by atomic mass is 127. The van der Waals surface area contributed by atoms with Gasteiger partial charge in [-0.15, -0.1) is 13.2 Å². The summed E-state index contributed by atoms with van der Waals surface area (Å²) in [7, 11) is 0. The molecule has 1 nitrogen and oxygen atoms in total. The summed E-state index contributed by atoms with van der Waals surface area (Å²) >= 11 is 1.89. The quantitative estimate of drug-likeness (QED) is 0.525. The smallest absolute Gasteiger partial charge is 0.405 e. The molecule has 2 aromatic rings. The number of hydrogen-bond acceptors (Lipinski definition) is 1. The predicted octanol–water partition coefficient (Wildman–Crippen LogP) is 5.00. The molecule has 0 saturated heterocycles. The Kier molecular flexibility index (Phi) is 3.98. The molecule has 0 aliphatic heterocycles. The molecule has 0 heterocycles. The number of alkyl halides is 3. The third-order valence-corrected chi connectivity index (χ3v) is 2.91. The van der Waals surface area contributed by atoms with Gasteiger partial charge in [0.05, 0.1) is 0 Å². The van der Waals surface area contributed by atoms with Gasteiger partial charge in [-0.1, -0.05) is 18.2 Å². The van der Waals surface area contributed by atoms with Crippen LogP contribution in [-0.4, -0.2) is 6.36 Å². The van der Waals surface area contributed by atoms with E-state index in [0.29, 0.717) is 9.13 Å². The lowest BCUT2D eigenvalue weighted by atomic mass is 10.0. The lowest BCUT2D eigenvalue weighted by molar-refractivity contribution is -0.274. The van der Waals surface area contributed by atoms with Crippen molar-refractivity contribution in [3.05, 3.63) is 51.9 Å². The molecule has 0 aliphatic carbocycles. The van der Waals surface area contributed by atoms with Crippen LogP contribution in [0.25, 0.3) is 11.1 Å². The second-order valence-electron chi connectivity index (χ2n) is 3.70. The molecule has 0 amide bonds. The lowest BCUT2D eigenvalue weighted by Crippen LogP contribution is -2.17. The summed E-state index contributed by atoms with van der Waals surface area (Å²) in [6, 6.07) is 9.68. The summed E-state index contributed by atoms with van der Waals surface area (Å²) < 4.78 is 54.7. The van der Waals surface area contributed by atoms with Gasteiger partial charge in [0.2, 0.25) is 0 Å². The highest BCUT2D eigenvalue weighted by Gasteiger charge is 2.32. The molecule has 0 aromatic heterocycles. The Morgan fingerprint density at radius 2 is 1.68 bits per heavy atom. The van der Waals surface area contributed by atoms with Crippen molar-refractivity contribution in [2.45, 2.75) is 6.36 Å². The van der Waals surface area contributed by atoms with Gasteiger partial charge in [-0.3, -0.25) is 0 Å². The van der Waals surface area contributed by atoms with Crippen LogP contribution < -0.4 is 4.74 Å². The van der Waals surface area contributed by atoms with E-state index >= 15 is 0 Å². The second kappa shape index (κ2) is 5.36. The van der Waals surface area contributed by atoms with Crippen LogP contribution in [0, 0.1) is 9.39 Å². The summed E-state index contributed by atoms with van der Waals surface area (Å²) in [5, 5.41) is 0. The summed E-state index contributed by atoms with van der Waals surface area (Å²) in [4.78, 5) is 0. The van der Waals surface area contributed by atoms with E-state index in [1.54, 1.807) is 12.1 Å². The minimum atomic E-state index is -4.78. The van der Waals surface area contributed by atoms with Gasteiger partial charge in [-0.25, -0.2) is 4.39 Å². The van der Waals surface area contributed by atoms with E-state index in [1.165, 1.54) is 30.3 Å². The van der Waals surface area contributed by atoms with E-state index in [1.807, 2.05) is 22.6 Å². The third kappa shape index (κ3) is 3.82. The third-order valence-electron chi connectivity index (χ3n) is 2.29. The van der Waals surface area contributed by atoms with E-state index in [2.05, 4.69) is 4.74 Å². The number of ether oxygens (including phenoxy) is 1. The van der Waals surface area contributed by atoms with Crippen molar-refractivity contribution in [2.75, 3.05) is 0 Å². The molecule has 0 spiro atoms. The summed E-state index contributed by atoms with van der Waals surface area (Å²) in [5.41, 5.74) is 0.529. The van der Waals surface area contributed by atoms with Gasteiger partial charge in [0.1, 0.15) is 11.6 Å². The molecule has 100 valence electrons. The van der Waals surface area contributed by atoms with Crippen LogP contribution in [0.3, 0.4) is 0 Å². The molecule has 0 radical (unpaired) electrons. The van der Waals surface area contributed by atoms with E-state index in [4.69, 9.17) is 0 Å². The van der Waals surface area contributed by atoms with Crippen molar-refractivity contribution in [1.82, 2.24) is 0 Å². The fourth-order valence-corrected chi connectivity index (χ4v) is 2.26. The summed E-state index contributed by atoms with van der Waals surface area (Å²) in [6.07, 6.45) is -4.78. The molecule has 0 atom stereocenters. The molecule has 2 aromatic carbocycles. The van der Waals surface area contributed by atoms with Gasteiger partial charge in [-0.2, -0.15) is 0 Å². The minimum Gasteiger partial charge on any atom is -0.405 e. The van der Waals surface area contributed by atoms with Gasteiger partial charge < -0.3 is 4.74 Å². The first kappa shape index (κ1) is 14.1. The number of hydrogen-bond donors (Lipinski definition) is 0. The Labute approximate surface area is 120 Å². The first-order valence-corrected chi connectivity index (χ1v) is 6.24. The van der Waals surface area contributed by atoms with Crippen molar-refractivity contribution in [1.29, 1.82) is 0 Å². The van der Waals surface area contributed by atoms with Crippen LogP contribution in [0.5, 0.6) is 5.75 Å². The molecule has 0 saturated carbocycles. The molecule has 0 unspecified atom stereocenters. The van der Waals surface area contributed by atoms with E-state index < -0.39 is 12.2 Å². The van der Waals surface area contributed by atoms with E-state index in [9.17, 15) is 17.6 Å². The Morgan fingerprint density at radius 1 is 1.00 bits per heavy atom. The zero-order chi connectivity index (χ0) is 14.0. The maximum Gasteiger partial charge on any atom is 0.573 e. The first-order chi connectivity index (χ1) is 8.85. The topological polar surface area (TPSA) is 9.23 Å². The number of para-hydroxylation sites is 1. The summed E-state index contributed by atoms with van der Waals surface area (Å²) in [5.74, 6) is -0.861. The number of halogens is 5. The molecule has 6 heteroatoms. The highest BCUT2D eigenvalue weighted by Crippen LogP contribution is 2.34. The normalized spacial score (nSPS) is 11.4. The van der Waals surface area contributed by atoms with Crippen LogP contribution >= 0.6 is 22.6 Å². The van der Waals surface area contributed by atoms with Crippen LogP contribution in [0.2, 0.25) is 0 Å². The van der Waals surface area contributed by atoms with E-state index in [-0.39, 0.29) is 11.3 Å². The highest BCUT2D eigenvalue weighted by molar-refractivity contribution is 14.1. The van der Waals surface area contributed by atoms with Gasteiger partial charge in [0.15, 0.2) is 0 Å². The molecule has 0 fully saturated rings. The Hall–Kier alpha value is -1.31. The molecule has 2 rings (SSSR count). The predicted molar refractivity (Wildman–Crippen MR) is 71.2 cm³/mol. The van der Waals surface area contributed by atoms with Crippen molar-refractivity contribution in [2.24, 2.45) is 0 Å². The average Bonchev–Trinajstić information content (AvgIpc) is 2.26. The molecular formula is C13H7F4IO. The standard InChI is InChI=1S/C13H7F4IO/c14-9-5-8(6-10(18)7-9)11-3-1-2-4-12(11)19-13(15,16)17/h1-7H. The Balaban J connectivity index is 2.50. The zero-order valence-electron chi connectivity index (χ0n) is 9.34. The minimum absolute atomic E-state index is 0.192. The zero-order valence-corrected chi connectivity index (χ0v) is 11.5. The van der Waals surface area contributed by atoms with Crippen LogP contribution in [-0.2, 0) is 0 Å². The molecule has 19 heavy (non-hydrogen) atoms. The van der Waals surface area contributed by atoms with Gasteiger partial charge in [-0.05, 0) is 52.4 Å². The number of rotatable bonds is 2. The average molecular weight is 382 g/mol. The van der Waals surface area contributed by atoms with Crippen LogP contribution in [0.15, 0.2) is 42.5 Å². The number of benzene rings is 2. The van der Waals surface area contributed by atoms with Crippen molar-refractivity contribution < 1.29 is 22.3 Å². The van der Waals surface area contributed by atoms with Gasteiger partial charge in [0.25, 0.3) is 0 Å². The molecule has 0 bridgehead atoms. The Morgan fingerprint density at radius 3 is 2.32 bits per heavy atom. The van der Waals surface area contributed by atoms with Gasteiger partial charge in [0, 0.05) is 9.13 Å². The lowest BCUT2D eigenvalue weighted by Gasteiger charge is -2.13. The van der Waals surface area contributed by atoms with Crippen molar-refractivity contribution in [3.63, 3.8) is 0 Å². The second-order valence-corrected chi connectivity index (χ2v) is 4.95. The first-order valence-electron chi connectivity index (χ1n) is 5.16. The summed E-state index contributed by atoms with van der Waals surface area (Å²) in [6.45, 7) is 0. The van der Waals surface area contributed by atoms with Crippen molar-refractivity contribution >= 4 is 22.6 Å². The SMILES string of the molecule is Fc1cc(I)cc(-c2ccccc2OC(F)(F)F)c1. The monoisotopic (exact) mass is 382 g/mol. The largest absolute Gasteiger partial charge is 0.573 e. The van der Waals surface area contributed by atoms with Crippen LogP contribution in [0.4, 0.5) is 17.6 Å². The molecular weight excluding hydrogens is 375 g/mol. The maximum absolute atomic E-state index is 13.3. The molecule has 0 aliphatic rings. The molecule has 0 N–H and O–H groups in total. The fraction of sp³-hybridized carbons (Fsp3) is 0.0769. The Bertz CT molecular complexity index is 575. The van der Waals surface area contributed by atoms with Crippen molar-refractivity contribution in [3.8, 4) is 16.9 Å². The van der Waals surface area contributed by atoms with Crippen LogP contribution in [0.1, 0.15) is 0 Å². The van der Waals surface area contributed by atoms with E-state index in [0.717, 1.165) is 0 Å². The maximum atomic E-state index is 13.3. The fourth-order valence-electron chi connectivity index (χ4n) is 1.63. The van der Waals surface area contributed by atoms with Gasteiger partial charge >= 0.3 is 6.36 Å².